The average molecular weight is 419 g/mol. The van der Waals surface area contributed by atoms with Gasteiger partial charge < -0.3 is 26.3 Å². The number of anilines is 1. The molecule has 2 aliphatic heterocycles. The lowest BCUT2D eigenvalue weighted by Crippen LogP contribution is -2.36. The lowest BCUT2D eigenvalue weighted by molar-refractivity contribution is -0.110. The van der Waals surface area contributed by atoms with E-state index in [2.05, 4.69) is 20.6 Å². The molecule has 2 bridgehead atoms. The molecule has 5 N–H and O–H groups in total. The number of rotatable bonds is 0. The molecule has 8 nitrogen and oxygen atoms in total. The van der Waals surface area contributed by atoms with Crippen molar-refractivity contribution in [1.29, 1.82) is 0 Å². The van der Waals surface area contributed by atoms with Crippen molar-refractivity contribution in [3.8, 4) is 0 Å². The number of hydrogen-bond acceptors (Lipinski definition) is 5. The van der Waals surface area contributed by atoms with E-state index >= 15 is 0 Å². The first kappa shape index (κ1) is 20.6. The molecule has 0 fully saturated rings. The Morgan fingerprint density at radius 3 is 2.74 bits per heavy atom. The maximum absolute atomic E-state index is 13.1. The molecule has 160 valence electrons. The highest BCUT2D eigenvalue weighted by Gasteiger charge is 2.27. The lowest BCUT2D eigenvalue weighted by Gasteiger charge is -2.18. The van der Waals surface area contributed by atoms with Crippen molar-refractivity contribution >= 4 is 40.4 Å². The van der Waals surface area contributed by atoms with Gasteiger partial charge in [-0.1, -0.05) is 6.07 Å². The van der Waals surface area contributed by atoms with Crippen molar-refractivity contribution in [1.82, 2.24) is 15.2 Å². The van der Waals surface area contributed by atoms with E-state index in [0.29, 0.717) is 36.5 Å². The summed E-state index contributed by atoms with van der Waals surface area (Å²) in [6, 6.07) is 7.54. The first-order valence-corrected chi connectivity index (χ1v) is 10.1. The Morgan fingerprint density at radius 1 is 1.19 bits per heavy atom. The van der Waals surface area contributed by atoms with Crippen LogP contribution in [0, 0.1) is 6.92 Å². The molecule has 0 spiro atoms. The van der Waals surface area contributed by atoms with Crippen LogP contribution in [0.15, 0.2) is 35.5 Å². The third-order valence-electron chi connectivity index (χ3n) is 5.63. The number of aryl methyl sites for hydroxylation is 1. The van der Waals surface area contributed by atoms with E-state index in [1.165, 1.54) is 0 Å². The second-order valence-electron chi connectivity index (χ2n) is 7.71. The zero-order valence-electron chi connectivity index (χ0n) is 17.9. The summed E-state index contributed by atoms with van der Waals surface area (Å²) in [7, 11) is 3.49. The van der Waals surface area contributed by atoms with Crippen LogP contribution in [0.4, 0.5) is 5.69 Å². The third-order valence-corrected chi connectivity index (χ3v) is 5.63. The molecule has 4 rings (SSSR count). The quantitative estimate of drug-likeness (QED) is 0.523. The zero-order chi connectivity index (χ0) is 22.1. The second kappa shape index (κ2) is 8.23. The Morgan fingerprint density at radius 2 is 2.00 bits per heavy atom. The number of carbonyl (C=O) groups is 2. The van der Waals surface area contributed by atoms with Gasteiger partial charge in [0.05, 0.1) is 22.5 Å². The Hall–Kier alpha value is -3.65. The van der Waals surface area contributed by atoms with Gasteiger partial charge in [-0.2, -0.15) is 0 Å². The van der Waals surface area contributed by atoms with Gasteiger partial charge in [0, 0.05) is 62.4 Å². The molecule has 0 saturated carbocycles. The van der Waals surface area contributed by atoms with Crippen LogP contribution in [-0.4, -0.2) is 61.1 Å². The molecule has 2 aliphatic rings. The molecule has 1 aromatic carbocycles. The topological polar surface area (TPSA) is 116 Å². The molecule has 0 atom stereocenters. The van der Waals surface area contributed by atoms with Crippen LogP contribution in [0.2, 0.25) is 0 Å². The van der Waals surface area contributed by atoms with Crippen molar-refractivity contribution in [2.24, 2.45) is 10.7 Å². The number of aromatic nitrogens is 1. The van der Waals surface area contributed by atoms with Crippen molar-refractivity contribution in [2.45, 2.75) is 6.92 Å². The molecule has 2 aromatic rings. The van der Waals surface area contributed by atoms with Crippen molar-refractivity contribution in [3.63, 3.8) is 0 Å². The molecule has 0 aliphatic carbocycles. The minimum absolute atomic E-state index is 0.104. The van der Waals surface area contributed by atoms with Crippen molar-refractivity contribution in [2.75, 3.05) is 39.0 Å². The Bertz CT molecular complexity index is 1150. The minimum atomic E-state index is -0.209. The summed E-state index contributed by atoms with van der Waals surface area (Å²) in [5, 5.41) is 6.24. The summed E-state index contributed by atoms with van der Waals surface area (Å²) in [5.41, 5.74) is 12.4. The van der Waals surface area contributed by atoms with Gasteiger partial charge in [0.15, 0.2) is 0 Å². The van der Waals surface area contributed by atoms with E-state index in [1.807, 2.05) is 31.2 Å². The van der Waals surface area contributed by atoms with Crippen LogP contribution in [0.1, 0.15) is 32.9 Å². The summed E-state index contributed by atoms with van der Waals surface area (Å²) < 4.78 is 0. The van der Waals surface area contributed by atoms with Crippen LogP contribution >= 0.6 is 0 Å². The van der Waals surface area contributed by atoms with Gasteiger partial charge in [0.1, 0.15) is 0 Å². The van der Waals surface area contributed by atoms with Crippen LogP contribution in [0.25, 0.3) is 17.2 Å². The summed E-state index contributed by atoms with van der Waals surface area (Å²) in [6.45, 7) is 3.53. The van der Waals surface area contributed by atoms with Crippen LogP contribution in [0.3, 0.4) is 0 Å². The number of nitrogens with two attached hydrogens (primary N) is 1. The maximum atomic E-state index is 13.1. The summed E-state index contributed by atoms with van der Waals surface area (Å²) in [5.74, 6) is -0.313. The van der Waals surface area contributed by atoms with Crippen LogP contribution < -0.4 is 16.4 Å². The fourth-order valence-corrected chi connectivity index (χ4v) is 3.96. The molecule has 0 radical (unpaired) electrons. The predicted octanol–water partition coefficient (Wildman–Crippen LogP) is 1.86. The van der Waals surface area contributed by atoms with E-state index < -0.39 is 0 Å². The molecular formula is C23H26N6O2. The fraction of sp³-hybridized carbons (Fsp3) is 0.261. The van der Waals surface area contributed by atoms with E-state index in [-0.39, 0.29) is 11.8 Å². The third kappa shape index (κ3) is 3.77. The standard InChI is InChI=1S/C23H26N6O2/c1-13-8-17-20(27-13)10-16-15-9-14(4-5-19(15)28-22(16)30)18(11-24)21(25-2)12-26-6-7-29(3)23(17)31/h4-5,8-11,26-27H,6-7,12,24H2,1-3H3,(H,28,30)/b16-10-,18-11?,25-21?. The maximum Gasteiger partial charge on any atom is 0.256 e. The number of benzene rings is 1. The number of hydrogen-bond donors (Lipinski definition) is 4. The highest BCUT2D eigenvalue weighted by molar-refractivity contribution is 6.35. The Labute approximate surface area is 180 Å². The molecule has 2 amide bonds. The first-order chi connectivity index (χ1) is 14.9. The minimum Gasteiger partial charge on any atom is -0.404 e. The van der Waals surface area contributed by atoms with E-state index in [1.54, 1.807) is 31.3 Å². The number of nitrogens with one attached hydrogen (secondary N) is 3. The second-order valence-corrected chi connectivity index (χ2v) is 7.71. The van der Waals surface area contributed by atoms with Gasteiger partial charge in [-0.15, -0.1) is 0 Å². The molecule has 31 heavy (non-hydrogen) atoms. The number of amides is 2. The molecule has 1 aromatic heterocycles. The van der Waals surface area contributed by atoms with E-state index in [0.717, 1.165) is 33.8 Å². The van der Waals surface area contributed by atoms with Crippen molar-refractivity contribution in [3.05, 3.63) is 58.5 Å². The van der Waals surface area contributed by atoms with Gasteiger partial charge in [0.2, 0.25) is 0 Å². The summed E-state index contributed by atoms with van der Waals surface area (Å²) in [6.07, 6.45) is 3.29. The molecule has 3 heterocycles. The van der Waals surface area contributed by atoms with E-state index in [9.17, 15) is 9.59 Å². The number of aliphatic imine (C=N–C) groups is 1. The number of H-pyrrole nitrogens is 1. The monoisotopic (exact) mass is 418 g/mol. The SMILES string of the molecule is CN=C1CNCCN(C)C(=O)c2cc(C)[nH]c2/C=C2\C(=O)Nc3ccc(cc32)C1=CN. The van der Waals surface area contributed by atoms with E-state index in [4.69, 9.17) is 5.73 Å². The largest absolute Gasteiger partial charge is 0.404 e. The van der Waals surface area contributed by atoms with Crippen LogP contribution in [-0.2, 0) is 4.79 Å². The number of aromatic amines is 1. The number of nitrogens with zero attached hydrogens (tertiary/aromatic N) is 2. The zero-order valence-corrected chi connectivity index (χ0v) is 17.9. The van der Waals surface area contributed by atoms with Gasteiger partial charge in [-0.3, -0.25) is 14.6 Å². The summed E-state index contributed by atoms with van der Waals surface area (Å²) in [4.78, 5) is 35.1. The summed E-state index contributed by atoms with van der Waals surface area (Å²) >= 11 is 0. The highest BCUT2D eigenvalue weighted by atomic mass is 16.2. The Balaban J connectivity index is 1.91. The molecule has 0 saturated heterocycles. The normalized spacial score (nSPS) is 21.4. The number of fused-ring (bicyclic) bond motifs is 2. The number of carbonyl (C=O) groups excluding carboxylic acids is 2. The number of likely N-dealkylation sites (N-methyl/N-ethyl adjacent to an activating group) is 1. The molecular weight excluding hydrogens is 392 g/mol. The van der Waals surface area contributed by atoms with Gasteiger partial charge in [0.25, 0.3) is 11.8 Å². The predicted molar refractivity (Wildman–Crippen MR) is 124 cm³/mol. The smallest absolute Gasteiger partial charge is 0.256 e. The molecule has 8 heteroatoms. The fourth-order valence-electron chi connectivity index (χ4n) is 3.96. The van der Waals surface area contributed by atoms with Gasteiger partial charge in [-0.25, -0.2) is 0 Å². The molecule has 0 unspecified atom stereocenters. The highest BCUT2D eigenvalue weighted by Crippen LogP contribution is 2.36. The van der Waals surface area contributed by atoms with Gasteiger partial charge >= 0.3 is 0 Å². The Kier molecular flexibility index (Phi) is 5.48. The average Bonchev–Trinajstić information content (AvgIpc) is 3.28. The van der Waals surface area contributed by atoms with Crippen LogP contribution in [0.5, 0.6) is 0 Å². The van der Waals surface area contributed by atoms with Gasteiger partial charge in [-0.05, 0) is 36.8 Å². The first-order valence-electron chi connectivity index (χ1n) is 10.1. The van der Waals surface area contributed by atoms with Crippen molar-refractivity contribution < 1.29 is 9.59 Å². The lowest BCUT2D eigenvalue weighted by atomic mass is 9.96.